The Bertz CT molecular complexity index is 238. The first-order chi connectivity index (χ1) is 6.80. The van der Waals surface area contributed by atoms with Crippen LogP contribution in [0.5, 0.6) is 0 Å². The van der Waals surface area contributed by atoms with Crippen molar-refractivity contribution in [3.8, 4) is 6.07 Å². The van der Waals surface area contributed by atoms with Crippen molar-refractivity contribution in [2.24, 2.45) is 23.2 Å². The van der Waals surface area contributed by atoms with E-state index < -0.39 is 0 Å². The first-order valence-corrected chi connectivity index (χ1v) is 6.17. The zero-order valence-corrected chi connectivity index (χ0v) is 8.84. The Morgan fingerprint density at radius 3 is 1.93 bits per heavy atom. The minimum absolute atomic E-state index is 0.629. The van der Waals surface area contributed by atoms with E-state index in [1.807, 2.05) is 0 Å². The average Bonchev–Trinajstić information content (AvgIpc) is 2.12. The highest BCUT2D eigenvalue weighted by atomic mass is 14.5. The summed E-state index contributed by atoms with van der Waals surface area (Å²) >= 11 is 0. The molecule has 0 aromatic carbocycles. The molecule has 0 spiro atoms. The molecule has 0 N–H and O–H groups in total. The second-order valence-corrected chi connectivity index (χ2v) is 6.08. The summed E-state index contributed by atoms with van der Waals surface area (Å²) in [5, 5.41) is 8.72. The summed E-state index contributed by atoms with van der Waals surface area (Å²) in [6.45, 7) is 0. The topological polar surface area (TPSA) is 23.8 Å². The smallest absolute Gasteiger partial charge is 0.0621 e. The maximum absolute atomic E-state index is 8.72. The molecule has 0 aromatic heterocycles. The zero-order chi connectivity index (χ0) is 9.60. The lowest BCUT2D eigenvalue weighted by Gasteiger charge is -2.57. The lowest BCUT2D eigenvalue weighted by atomic mass is 9.49. The highest BCUT2D eigenvalue weighted by Gasteiger charge is 2.50. The fraction of sp³-hybridized carbons (Fsp3) is 0.923. The SMILES string of the molecule is N#CCCC12CC3CC(CC(C3)C1)C2. The van der Waals surface area contributed by atoms with Crippen molar-refractivity contribution in [1.29, 1.82) is 5.26 Å². The van der Waals surface area contributed by atoms with Crippen molar-refractivity contribution < 1.29 is 0 Å². The monoisotopic (exact) mass is 189 g/mol. The van der Waals surface area contributed by atoms with Crippen LogP contribution in [0.2, 0.25) is 0 Å². The van der Waals surface area contributed by atoms with E-state index in [9.17, 15) is 0 Å². The quantitative estimate of drug-likeness (QED) is 0.652. The molecule has 4 bridgehead atoms. The molecule has 4 aliphatic rings. The van der Waals surface area contributed by atoms with Gasteiger partial charge in [0, 0.05) is 6.42 Å². The average molecular weight is 189 g/mol. The molecule has 1 nitrogen and oxygen atoms in total. The third-order valence-corrected chi connectivity index (χ3v) is 4.93. The Labute approximate surface area is 86.5 Å². The van der Waals surface area contributed by atoms with Crippen LogP contribution in [-0.2, 0) is 0 Å². The largest absolute Gasteiger partial charge is 0.198 e. The molecule has 76 valence electrons. The summed E-state index contributed by atoms with van der Waals surface area (Å²) in [4.78, 5) is 0. The maximum atomic E-state index is 8.72. The van der Waals surface area contributed by atoms with Gasteiger partial charge in [-0.25, -0.2) is 0 Å². The molecule has 0 atom stereocenters. The molecule has 0 unspecified atom stereocenters. The molecular formula is C13H19N. The molecule has 0 radical (unpaired) electrons. The van der Waals surface area contributed by atoms with Crippen LogP contribution in [0.4, 0.5) is 0 Å². The van der Waals surface area contributed by atoms with E-state index in [1.54, 1.807) is 0 Å². The van der Waals surface area contributed by atoms with Crippen molar-refractivity contribution in [2.45, 2.75) is 51.4 Å². The minimum Gasteiger partial charge on any atom is -0.198 e. The zero-order valence-electron chi connectivity index (χ0n) is 8.84. The van der Waals surface area contributed by atoms with Gasteiger partial charge in [-0.15, -0.1) is 0 Å². The molecule has 4 saturated carbocycles. The number of nitriles is 1. The van der Waals surface area contributed by atoms with Gasteiger partial charge in [0.05, 0.1) is 6.07 Å². The van der Waals surface area contributed by atoms with Gasteiger partial charge in [0.2, 0.25) is 0 Å². The highest BCUT2D eigenvalue weighted by Crippen LogP contribution is 2.61. The van der Waals surface area contributed by atoms with Crippen molar-refractivity contribution >= 4 is 0 Å². The molecule has 0 heterocycles. The third kappa shape index (κ3) is 1.28. The summed E-state index contributed by atoms with van der Waals surface area (Å²) in [5.74, 6) is 3.12. The van der Waals surface area contributed by atoms with Gasteiger partial charge in [0.1, 0.15) is 0 Å². The molecule has 0 amide bonds. The van der Waals surface area contributed by atoms with Crippen molar-refractivity contribution in [1.82, 2.24) is 0 Å². The van der Waals surface area contributed by atoms with Crippen LogP contribution in [-0.4, -0.2) is 0 Å². The Hall–Kier alpha value is -0.510. The van der Waals surface area contributed by atoms with Gasteiger partial charge in [0.15, 0.2) is 0 Å². The fourth-order valence-corrected chi connectivity index (χ4v) is 4.92. The van der Waals surface area contributed by atoms with E-state index in [0.29, 0.717) is 5.41 Å². The summed E-state index contributed by atoms with van der Waals surface area (Å²) in [6.07, 6.45) is 10.9. The van der Waals surface area contributed by atoms with Gasteiger partial charge in [-0.05, 0) is 68.1 Å². The summed E-state index contributed by atoms with van der Waals surface area (Å²) in [6, 6.07) is 2.34. The molecule has 4 fully saturated rings. The fourth-order valence-electron chi connectivity index (χ4n) is 4.92. The third-order valence-electron chi connectivity index (χ3n) is 4.93. The first-order valence-electron chi connectivity index (χ1n) is 6.17. The predicted molar refractivity (Wildman–Crippen MR) is 55.5 cm³/mol. The lowest BCUT2D eigenvalue weighted by Crippen LogP contribution is -2.45. The standard InChI is InChI=1S/C13H19N/c14-3-1-2-13-7-10-4-11(8-13)6-12(5-10)9-13/h10-12H,1-2,4-9H2. The molecular weight excluding hydrogens is 170 g/mol. The molecule has 0 aromatic rings. The molecule has 4 rings (SSSR count). The van der Waals surface area contributed by atoms with Gasteiger partial charge in [-0.2, -0.15) is 5.26 Å². The Kier molecular flexibility index (Phi) is 1.87. The number of nitrogens with zero attached hydrogens (tertiary/aromatic N) is 1. The number of hydrogen-bond acceptors (Lipinski definition) is 1. The summed E-state index contributed by atoms with van der Waals surface area (Å²) in [7, 11) is 0. The van der Waals surface area contributed by atoms with Crippen LogP contribution in [0.15, 0.2) is 0 Å². The van der Waals surface area contributed by atoms with Crippen LogP contribution in [0.3, 0.4) is 0 Å². The summed E-state index contributed by atoms with van der Waals surface area (Å²) in [5.41, 5.74) is 0.629. The van der Waals surface area contributed by atoms with E-state index in [0.717, 1.165) is 24.2 Å². The van der Waals surface area contributed by atoms with E-state index >= 15 is 0 Å². The maximum Gasteiger partial charge on any atom is 0.0621 e. The summed E-state index contributed by atoms with van der Waals surface area (Å²) < 4.78 is 0. The van der Waals surface area contributed by atoms with Crippen molar-refractivity contribution in [2.75, 3.05) is 0 Å². The van der Waals surface area contributed by atoms with E-state index in [-0.39, 0.29) is 0 Å². The van der Waals surface area contributed by atoms with Gasteiger partial charge in [-0.3, -0.25) is 0 Å². The lowest BCUT2D eigenvalue weighted by molar-refractivity contribution is -0.0564. The number of rotatable bonds is 2. The van der Waals surface area contributed by atoms with Crippen LogP contribution < -0.4 is 0 Å². The first kappa shape index (κ1) is 8.77. The number of hydrogen-bond donors (Lipinski definition) is 0. The highest BCUT2D eigenvalue weighted by molar-refractivity contribution is 5.01. The van der Waals surface area contributed by atoms with Crippen LogP contribution in [0, 0.1) is 34.5 Å². The van der Waals surface area contributed by atoms with Gasteiger partial charge in [-0.1, -0.05) is 0 Å². The van der Waals surface area contributed by atoms with Crippen LogP contribution in [0.25, 0.3) is 0 Å². The van der Waals surface area contributed by atoms with Gasteiger partial charge in [0.25, 0.3) is 0 Å². The van der Waals surface area contributed by atoms with E-state index in [2.05, 4.69) is 6.07 Å². The van der Waals surface area contributed by atoms with E-state index in [1.165, 1.54) is 44.9 Å². The molecule has 4 aliphatic carbocycles. The predicted octanol–water partition coefficient (Wildman–Crippen LogP) is 3.51. The minimum atomic E-state index is 0.629. The van der Waals surface area contributed by atoms with Gasteiger partial charge >= 0.3 is 0 Å². The molecule has 1 heteroatoms. The Balaban J connectivity index is 1.78. The van der Waals surface area contributed by atoms with E-state index in [4.69, 9.17) is 5.26 Å². The van der Waals surface area contributed by atoms with Crippen LogP contribution >= 0.6 is 0 Å². The Morgan fingerprint density at radius 2 is 1.50 bits per heavy atom. The van der Waals surface area contributed by atoms with Gasteiger partial charge < -0.3 is 0 Å². The van der Waals surface area contributed by atoms with Crippen molar-refractivity contribution in [3.05, 3.63) is 0 Å². The normalized spacial score (nSPS) is 49.2. The molecule has 14 heavy (non-hydrogen) atoms. The Morgan fingerprint density at radius 1 is 1.00 bits per heavy atom. The molecule has 0 saturated heterocycles. The van der Waals surface area contributed by atoms with Crippen LogP contribution in [0.1, 0.15) is 51.4 Å². The second kappa shape index (κ2) is 2.99. The van der Waals surface area contributed by atoms with Crippen molar-refractivity contribution in [3.63, 3.8) is 0 Å². The second-order valence-electron chi connectivity index (χ2n) is 6.08. The molecule has 0 aliphatic heterocycles.